The van der Waals surface area contributed by atoms with Crippen molar-refractivity contribution < 1.29 is 13.9 Å². The number of thioether (sulfide) groups is 1. The van der Waals surface area contributed by atoms with Gasteiger partial charge in [-0.25, -0.2) is 4.39 Å². The summed E-state index contributed by atoms with van der Waals surface area (Å²) >= 11 is 1.94. The number of rotatable bonds is 4. The first kappa shape index (κ1) is 16.3. The molecule has 1 saturated heterocycles. The minimum Gasteiger partial charge on any atom is -0.496 e. The minimum absolute atomic E-state index is 0.0870. The van der Waals surface area contributed by atoms with Crippen molar-refractivity contribution in [2.45, 2.75) is 25.0 Å². The summed E-state index contributed by atoms with van der Waals surface area (Å²) in [6.07, 6.45) is 1.05. The summed E-state index contributed by atoms with van der Waals surface area (Å²) in [6, 6.07) is 4.07. The first-order valence-electron chi connectivity index (χ1n) is 7.14. The molecule has 0 amide bonds. The molecule has 21 heavy (non-hydrogen) atoms. The van der Waals surface area contributed by atoms with Gasteiger partial charge in [-0.2, -0.15) is 11.8 Å². The molecule has 0 atom stereocenters. The van der Waals surface area contributed by atoms with E-state index in [1.165, 1.54) is 25.3 Å². The molecule has 0 aliphatic carbocycles. The van der Waals surface area contributed by atoms with Crippen LogP contribution in [0, 0.1) is 5.82 Å². The van der Waals surface area contributed by atoms with Crippen molar-refractivity contribution in [3.05, 3.63) is 29.6 Å². The van der Waals surface area contributed by atoms with Crippen LogP contribution in [0.25, 0.3) is 0 Å². The fourth-order valence-corrected chi connectivity index (χ4v) is 3.54. The van der Waals surface area contributed by atoms with E-state index in [2.05, 4.69) is 18.7 Å². The highest BCUT2D eigenvalue weighted by Crippen LogP contribution is 2.30. The molecule has 1 aliphatic rings. The van der Waals surface area contributed by atoms with Gasteiger partial charge in [0.25, 0.3) is 0 Å². The zero-order valence-electron chi connectivity index (χ0n) is 12.8. The average Bonchev–Trinajstić information content (AvgIpc) is 2.60. The van der Waals surface area contributed by atoms with Gasteiger partial charge in [-0.15, -0.1) is 0 Å². The summed E-state index contributed by atoms with van der Waals surface area (Å²) in [5.41, 5.74) is 0.327. The van der Waals surface area contributed by atoms with Crippen molar-refractivity contribution in [1.82, 2.24) is 4.90 Å². The Morgan fingerprint density at radius 2 is 2.19 bits per heavy atom. The van der Waals surface area contributed by atoms with Crippen molar-refractivity contribution in [3.63, 3.8) is 0 Å². The van der Waals surface area contributed by atoms with Crippen LogP contribution in [-0.2, 0) is 0 Å². The van der Waals surface area contributed by atoms with Gasteiger partial charge >= 0.3 is 0 Å². The lowest BCUT2D eigenvalue weighted by Crippen LogP contribution is -2.32. The highest BCUT2D eigenvalue weighted by Gasteiger charge is 2.25. The number of ketones is 1. The number of nitrogens with zero attached hydrogens (tertiary/aromatic N) is 1. The van der Waals surface area contributed by atoms with Gasteiger partial charge in [0.05, 0.1) is 19.2 Å². The molecule has 0 bridgehead atoms. The van der Waals surface area contributed by atoms with E-state index in [0.29, 0.717) is 17.9 Å². The lowest BCUT2D eigenvalue weighted by atomic mass is 10.1. The Bertz CT molecular complexity index is 519. The molecule has 5 heteroatoms. The van der Waals surface area contributed by atoms with Crippen LogP contribution in [0.3, 0.4) is 0 Å². The molecule has 116 valence electrons. The van der Waals surface area contributed by atoms with Crippen molar-refractivity contribution in [3.8, 4) is 5.75 Å². The third-order valence-corrected chi connectivity index (χ3v) is 5.13. The molecular weight excluding hydrogens is 289 g/mol. The number of hydrogen-bond acceptors (Lipinski definition) is 4. The highest BCUT2D eigenvalue weighted by atomic mass is 32.2. The molecule has 0 saturated carbocycles. The summed E-state index contributed by atoms with van der Waals surface area (Å²) in [5.74, 6) is 0.953. The maximum Gasteiger partial charge on any atom is 0.180 e. The van der Waals surface area contributed by atoms with Crippen molar-refractivity contribution in [2.75, 3.05) is 32.5 Å². The fraction of sp³-hybridized carbons (Fsp3) is 0.562. The third-order valence-electron chi connectivity index (χ3n) is 3.76. The van der Waals surface area contributed by atoms with Crippen LogP contribution >= 0.6 is 11.8 Å². The number of Topliss-reactive ketones (excluding diaryl/α,β-unsaturated/α-hetero) is 1. The van der Waals surface area contributed by atoms with Gasteiger partial charge in [-0.1, -0.05) is 13.8 Å². The molecule has 0 N–H and O–H groups in total. The lowest BCUT2D eigenvalue weighted by molar-refractivity contribution is 0.0930. The van der Waals surface area contributed by atoms with E-state index in [1.807, 2.05) is 11.8 Å². The maximum absolute atomic E-state index is 13.4. The minimum atomic E-state index is -0.410. The molecule has 0 aromatic heterocycles. The SMILES string of the molecule is COc1ccc(F)cc1C(=O)CN1CCSC(C)(C)CC1. The second-order valence-corrected chi connectivity index (χ2v) is 7.70. The van der Waals surface area contributed by atoms with E-state index in [1.54, 1.807) is 0 Å². The largest absolute Gasteiger partial charge is 0.496 e. The number of halogens is 1. The third kappa shape index (κ3) is 4.45. The summed E-state index contributed by atoms with van der Waals surface area (Å²) in [7, 11) is 1.50. The van der Waals surface area contributed by atoms with Crippen LogP contribution in [0.4, 0.5) is 4.39 Å². The van der Waals surface area contributed by atoms with E-state index in [4.69, 9.17) is 4.74 Å². The van der Waals surface area contributed by atoms with Gasteiger partial charge < -0.3 is 4.74 Å². The van der Waals surface area contributed by atoms with Gasteiger partial charge in [0.1, 0.15) is 11.6 Å². The molecule has 1 fully saturated rings. The number of benzene rings is 1. The molecular formula is C16H22FNO2S. The van der Waals surface area contributed by atoms with Gasteiger partial charge in [0, 0.05) is 17.0 Å². The van der Waals surface area contributed by atoms with Crippen molar-refractivity contribution in [1.29, 1.82) is 0 Å². The molecule has 0 radical (unpaired) electrons. The fourth-order valence-electron chi connectivity index (χ4n) is 2.41. The number of ether oxygens (including phenoxy) is 1. The lowest BCUT2D eigenvalue weighted by Gasteiger charge is -2.22. The molecule has 0 unspecified atom stereocenters. The maximum atomic E-state index is 13.4. The highest BCUT2D eigenvalue weighted by molar-refractivity contribution is 8.00. The second kappa shape index (κ2) is 6.79. The van der Waals surface area contributed by atoms with E-state index in [-0.39, 0.29) is 10.5 Å². The second-order valence-electron chi connectivity index (χ2n) is 5.90. The Morgan fingerprint density at radius 3 is 2.90 bits per heavy atom. The zero-order chi connectivity index (χ0) is 15.5. The van der Waals surface area contributed by atoms with Crippen LogP contribution in [0.1, 0.15) is 30.6 Å². The summed E-state index contributed by atoms with van der Waals surface area (Å²) in [6.45, 7) is 6.56. The average molecular weight is 311 g/mol. The van der Waals surface area contributed by atoms with E-state index >= 15 is 0 Å². The predicted octanol–water partition coefficient (Wildman–Crippen LogP) is 3.23. The quantitative estimate of drug-likeness (QED) is 0.799. The molecule has 0 spiro atoms. The first-order valence-corrected chi connectivity index (χ1v) is 8.13. The summed E-state index contributed by atoms with van der Waals surface area (Å²) < 4.78 is 18.8. The number of hydrogen-bond donors (Lipinski definition) is 0. The van der Waals surface area contributed by atoms with Gasteiger partial charge in [-0.3, -0.25) is 9.69 Å². The normalized spacial score (nSPS) is 19.0. The Morgan fingerprint density at radius 1 is 1.43 bits per heavy atom. The molecule has 1 aromatic rings. The monoisotopic (exact) mass is 311 g/mol. The van der Waals surface area contributed by atoms with E-state index < -0.39 is 5.82 Å². The molecule has 2 rings (SSSR count). The molecule has 1 aromatic carbocycles. The van der Waals surface area contributed by atoms with Gasteiger partial charge in [-0.05, 0) is 31.2 Å². The Hall–Kier alpha value is -1.07. The number of carbonyl (C=O) groups excluding carboxylic acids is 1. The van der Waals surface area contributed by atoms with Crippen LogP contribution in [-0.4, -0.2) is 47.9 Å². The standard InChI is InChI=1S/C16H22FNO2S/c1-16(2)6-7-18(8-9-21-16)11-14(19)13-10-12(17)4-5-15(13)20-3/h4-5,10H,6-9,11H2,1-3H3. The summed E-state index contributed by atoms with van der Waals surface area (Å²) in [5, 5.41) is 0. The van der Waals surface area contributed by atoms with Crippen molar-refractivity contribution in [2.24, 2.45) is 0 Å². The molecule has 3 nitrogen and oxygen atoms in total. The predicted molar refractivity (Wildman–Crippen MR) is 84.9 cm³/mol. The van der Waals surface area contributed by atoms with Crippen LogP contribution in [0.5, 0.6) is 5.75 Å². The topological polar surface area (TPSA) is 29.5 Å². The summed E-state index contributed by atoms with van der Waals surface area (Å²) in [4.78, 5) is 14.6. The smallest absolute Gasteiger partial charge is 0.180 e. The van der Waals surface area contributed by atoms with Gasteiger partial charge in [0.2, 0.25) is 0 Å². The van der Waals surface area contributed by atoms with E-state index in [9.17, 15) is 9.18 Å². The molecule has 1 heterocycles. The Kier molecular flexibility index (Phi) is 5.27. The number of methoxy groups -OCH3 is 1. The van der Waals surface area contributed by atoms with Crippen molar-refractivity contribution >= 4 is 17.5 Å². The van der Waals surface area contributed by atoms with E-state index in [0.717, 1.165) is 25.3 Å². The van der Waals surface area contributed by atoms with Crippen LogP contribution < -0.4 is 4.74 Å². The van der Waals surface area contributed by atoms with Gasteiger partial charge in [0.15, 0.2) is 5.78 Å². The van der Waals surface area contributed by atoms with Crippen LogP contribution in [0.2, 0.25) is 0 Å². The van der Waals surface area contributed by atoms with Crippen LogP contribution in [0.15, 0.2) is 18.2 Å². The zero-order valence-corrected chi connectivity index (χ0v) is 13.6. The molecule has 1 aliphatic heterocycles. The first-order chi connectivity index (χ1) is 9.91. The Labute approximate surface area is 129 Å². The number of carbonyl (C=O) groups is 1. The Balaban J connectivity index is 2.06.